The molecule has 0 saturated heterocycles. The highest BCUT2D eigenvalue weighted by molar-refractivity contribution is 5.68. The van der Waals surface area contributed by atoms with E-state index in [4.69, 9.17) is 10.00 Å². The molecule has 0 unspecified atom stereocenters. The standard InChI is InChI=1S/C12H20N2O2/c1-9(2)10(7-6-8-13)14-11(15)16-12(3,4)5/h6-7,9-10H,1-5H3,(H,14,15)/t10-/m1/s1. The molecule has 1 N–H and O–H groups in total. The first-order valence-corrected chi connectivity index (χ1v) is 5.32. The maximum Gasteiger partial charge on any atom is 0.408 e. The average molecular weight is 224 g/mol. The Labute approximate surface area is 97.3 Å². The van der Waals surface area contributed by atoms with Crippen molar-refractivity contribution in [2.75, 3.05) is 0 Å². The summed E-state index contributed by atoms with van der Waals surface area (Å²) in [4.78, 5) is 11.5. The van der Waals surface area contributed by atoms with Gasteiger partial charge in [0.25, 0.3) is 0 Å². The van der Waals surface area contributed by atoms with Gasteiger partial charge >= 0.3 is 6.09 Å². The van der Waals surface area contributed by atoms with Crippen molar-refractivity contribution in [3.63, 3.8) is 0 Å². The largest absolute Gasteiger partial charge is 0.444 e. The fourth-order valence-electron chi connectivity index (χ4n) is 1.03. The average Bonchev–Trinajstić information content (AvgIpc) is 2.08. The lowest BCUT2D eigenvalue weighted by atomic mass is 10.0. The molecule has 4 nitrogen and oxygen atoms in total. The Morgan fingerprint density at radius 1 is 1.44 bits per heavy atom. The molecule has 90 valence electrons. The smallest absolute Gasteiger partial charge is 0.408 e. The van der Waals surface area contributed by atoms with Gasteiger partial charge in [-0.1, -0.05) is 19.9 Å². The fraction of sp³-hybridized carbons (Fsp3) is 0.667. The summed E-state index contributed by atoms with van der Waals surface area (Å²) in [5.74, 6) is 0.206. The minimum Gasteiger partial charge on any atom is -0.444 e. The summed E-state index contributed by atoms with van der Waals surface area (Å²) < 4.78 is 5.13. The first-order valence-electron chi connectivity index (χ1n) is 5.32. The van der Waals surface area contributed by atoms with Gasteiger partial charge in [0.15, 0.2) is 0 Å². The van der Waals surface area contributed by atoms with Gasteiger partial charge in [-0.15, -0.1) is 0 Å². The van der Waals surface area contributed by atoms with E-state index in [1.54, 1.807) is 6.08 Å². The minimum atomic E-state index is -0.509. The van der Waals surface area contributed by atoms with Gasteiger partial charge in [-0.2, -0.15) is 5.26 Å². The molecule has 0 bridgehead atoms. The zero-order chi connectivity index (χ0) is 12.8. The van der Waals surface area contributed by atoms with Crippen LogP contribution in [0.3, 0.4) is 0 Å². The van der Waals surface area contributed by atoms with Gasteiger partial charge in [-0.05, 0) is 26.7 Å². The van der Waals surface area contributed by atoms with Crippen LogP contribution in [0.4, 0.5) is 4.79 Å². The molecule has 0 aromatic heterocycles. The number of nitrogens with one attached hydrogen (secondary N) is 1. The van der Waals surface area contributed by atoms with Crippen LogP contribution >= 0.6 is 0 Å². The van der Waals surface area contributed by atoms with Gasteiger partial charge in [0, 0.05) is 6.08 Å². The van der Waals surface area contributed by atoms with Crippen molar-refractivity contribution in [3.8, 4) is 6.07 Å². The molecule has 0 spiro atoms. The van der Waals surface area contributed by atoms with Gasteiger partial charge in [0.2, 0.25) is 0 Å². The second kappa shape index (κ2) is 6.16. The molecule has 1 atom stereocenters. The van der Waals surface area contributed by atoms with E-state index in [2.05, 4.69) is 5.32 Å². The van der Waals surface area contributed by atoms with Crippen LogP contribution < -0.4 is 5.32 Å². The molecule has 0 radical (unpaired) electrons. The van der Waals surface area contributed by atoms with Crippen molar-refractivity contribution in [1.29, 1.82) is 5.26 Å². The van der Waals surface area contributed by atoms with Gasteiger partial charge in [0.1, 0.15) is 5.60 Å². The number of ether oxygens (including phenoxy) is 1. The van der Waals surface area contributed by atoms with Crippen molar-refractivity contribution in [2.45, 2.75) is 46.3 Å². The number of carbonyl (C=O) groups is 1. The molecule has 0 heterocycles. The van der Waals surface area contributed by atoms with E-state index in [0.29, 0.717) is 0 Å². The van der Waals surface area contributed by atoms with Crippen LogP contribution in [0.1, 0.15) is 34.6 Å². The van der Waals surface area contributed by atoms with E-state index in [0.717, 1.165) is 0 Å². The third-order valence-electron chi connectivity index (χ3n) is 1.78. The highest BCUT2D eigenvalue weighted by atomic mass is 16.6. The Balaban J connectivity index is 4.37. The van der Waals surface area contributed by atoms with Crippen LogP contribution in [0.25, 0.3) is 0 Å². The molecular formula is C12H20N2O2. The highest BCUT2D eigenvalue weighted by Gasteiger charge is 2.19. The van der Waals surface area contributed by atoms with E-state index in [1.165, 1.54) is 6.08 Å². The minimum absolute atomic E-state index is 0.186. The summed E-state index contributed by atoms with van der Waals surface area (Å²) in [6.45, 7) is 9.35. The molecule has 0 aliphatic rings. The van der Waals surface area contributed by atoms with E-state index in [1.807, 2.05) is 40.7 Å². The zero-order valence-corrected chi connectivity index (χ0v) is 10.6. The number of nitrogens with zero attached hydrogens (tertiary/aromatic N) is 1. The predicted molar refractivity (Wildman–Crippen MR) is 62.7 cm³/mol. The number of hydrogen-bond donors (Lipinski definition) is 1. The van der Waals surface area contributed by atoms with Crippen molar-refractivity contribution >= 4 is 6.09 Å². The van der Waals surface area contributed by atoms with E-state index in [9.17, 15) is 4.79 Å². The molecule has 0 aromatic rings. The number of carbonyl (C=O) groups excluding carboxylic acids is 1. The Hall–Kier alpha value is -1.50. The lowest BCUT2D eigenvalue weighted by molar-refractivity contribution is 0.0504. The molecule has 0 saturated carbocycles. The van der Waals surface area contributed by atoms with Crippen LogP contribution in [0.15, 0.2) is 12.2 Å². The Morgan fingerprint density at radius 2 is 2.00 bits per heavy atom. The molecule has 0 fully saturated rings. The maximum absolute atomic E-state index is 11.5. The molecule has 0 aliphatic heterocycles. The molecule has 16 heavy (non-hydrogen) atoms. The van der Waals surface area contributed by atoms with Crippen LogP contribution in [-0.2, 0) is 4.74 Å². The van der Waals surface area contributed by atoms with Crippen molar-refractivity contribution in [2.24, 2.45) is 5.92 Å². The number of hydrogen-bond acceptors (Lipinski definition) is 3. The van der Waals surface area contributed by atoms with Crippen LogP contribution in [0.5, 0.6) is 0 Å². The highest BCUT2D eigenvalue weighted by Crippen LogP contribution is 2.09. The topological polar surface area (TPSA) is 62.1 Å². The van der Waals surface area contributed by atoms with Crippen LogP contribution in [0.2, 0.25) is 0 Å². The van der Waals surface area contributed by atoms with Gasteiger partial charge in [-0.3, -0.25) is 0 Å². The van der Waals surface area contributed by atoms with E-state index in [-0.39, 0.29) is 12.0 Å². The number of amides is 1. The normalized spacial score (nSPS) is 13.6. The summed E-state index contributed by atoms with van der Waals surface area (Å²) >= 11 is 0. The van der Waals surface area contributed by atoms with Crippen molar-refractivity contribution < 1.29 is 9.53 Å². The molecule has 0 rings (SSSR count). The maximum atomic E-state index is 11.5. The van der Waals surface area contributed by atoms with Crippen LogP contribution in [-0.4, -0.2) is 17.7 Å². The first kappa shape index (κ1) is 14.5. The SMILES string of the molecule is CC(C)[C@@H](C=CC#N)NC(=O)OC(C)(C)C. The second-order valence-corrected chi connectivity index (χ2v) is 4.90. The van der Waals surface area contributed by atoms with E-state index >= 15 is 0 Å². The quantitative estimate of drug-likeness (QED) is 0.749. The number of rotatable bonds is 3. The Kier molecular flexibility index (Phi) is 5.59. The predicted octanol–water partition coefficient (Wildman–Crippen LogP) is 2.62. The van der Waals surface area contributed by atoms with Gasteiger partial charge in [-0.25, -0.2) is 4.79 Å². The zero-order valence-electron chi connectivity index (χ0n) is 10.6. The van der Waals surface area contributed by atoms with Gasteiger partial charge < -0.3 is 10.1 Å². The number of alkyl carbamates (subject to hydrolysis) is 1. The third kappa shape index (κ3) is 6.88. The van der Waals surface area contributed by atoms with E-state index < -0.39 is 11.7 Å². The molecule has 4 heteroatoms. The van der Waals surface area contributed by atoms with Crippen molar-refractivity contribution in [3.05, 3.63) is 12.2 Å². The Bertz CT molecular complexity index is 295. The number of nitriles is 1. The monoisotopic (exact) mass is 224 g/mol. The van der Waals surface area contributed by atoms with Crippen molar-refractivity contribution in [1.82, 2.24) is 5.32 Å². The molecular weight excluding hydrogens is 204 g/mol. The molecule has 0 aromatic carbocycles. The lowest BCUT2D eigenvalue weighted by Crippen LogP contribution is -2.40. The summed E-state index contributed by atoms with van der Waals surface area (Å²) in [6.07, 6.45) is 2.56. The van der Waals surface area contributed by atoms with Crippen LogP contribution in [0, 0.1) is 17.2 Å². The molecule has 0 aliphatic carbocycles. The molecule has 1 amide bonds. The second-order valence-electron chi connectivity index (χ2n) is 4.90. The van der Waals surface area contributed by atoms with Gasteiger partial charge in [0.05, 0.1) is 12.1 Å². The lowest BCUT2D eigenvalue weighted by Gasteiger charge is -2.23. The third-order valence-corrected chi connectivity index (χ3v) is 1.78. The first-order chi connectivity index (χ1) is 7.26. The summed E-state index contributed by atoms with van der Waals surface area (Å²) in [5.41, 5.74) is -0.509. The summed E-state index contributed by atoms with van der Waals surface area (Å²) in [5, 5.41) is 11.1. The fourth-order valence-corrected chi connectivity index (χ4v) is 1.03. The summed E-state index contributed by atoms with van der Waals surface area (Å²) in [7, 11) is 0. The summed E-state index contributed by atoms with van der Waals surface area (Å²) in [6, 6.07) is 1.72. The number of allylic oxidation sites excluding steroid dienone is 1. The Morgan fingerprint density at radius 3 is 2.38 bits per heavy atom.